The number of benzene rings is 1. The highest BCUT2D eigenvalue weighted by molar-refractivity contribution is 5.71. The Morgan fingerprint density at radius 1 is 1.44 bits per heavy atom. The Balaban J connectivity index is 2.45. The van der Waals surface area contributed by atoms with Gasteiger partial charge in [0.15, 0.2) is 6.61 Å². The number of hydrogen-bond acceptors (Lipinski definition) is 4. The molecule has 0 saturated heterocycles. The maximum absolute atomic E-state index is 12.9. The van der Waals surface area contributed by atoms with Crippen LogP contribution in [-0.2, 0) is 16.1 Å². The largest absolute Gasteiger partial charge is 0.482 e. The minimum absolute atomic E-state index is 0.248. The van der Waals surface area contributed by atoms with E-state index in [1.165, 1.54) is 12.1 Å². The number of carbonyl (C=O) groups excluding carboxylic acids is 1. The Kier molecular flexibility index (Phi) is 6.14. The van der Waals surface area contributed by atoms with Gasteiger partial charge in [0.25, 0.3) is 0 Å². The van der Waals surface area contributed by atoms with Gasteiger partial charge in [-0.15, -0.1) is 0 Å². The number of ether oxygens (including phenoxy) is 2. The summed E-state index contributed by atoms with van der Waals surface area (Å²) in [6, 6.07) is 3.74. The van der Waals surface area contributed by atoms with Crippen LogP contribution in [0.15, 0.2) is 18.2 Å². The molecule has 18 heavy (non-hydrogen) atoms. The van der Waals surface area contributed by atoms with Crippen molar-refractivity contribution in [1.82, 2.24) is 0 Å². The SMILES string of the molecule is CCCCOC(=O)COc1ccc(F)cc1CO. The van der Waals surface area contributed by atoms with Crippen LogP contribution in [0, 0.1) is 5.82 Å². The Morgan fingerprint density at radius 3 is 2.89 bits per heavy atom. The van der Waals surface area contributed by atoms with E-state index in [1.54, 1.807) is 0 Å². The molecule has 1 rings (SSSR count). The molecular weight excluding hydrogens is 239 g/mol. The third-order valence-corrected chi connectivity index (χ3v) is 2.30. The molecule has 0 atom stereocenters. The van der Waals surface area contributed by atoms with Crippen LogP contribution in [-0.4, -0.2) is 24.3 Å². The first-order valence-electron chi connectivity index (χ1n) is 5.85. The summed E-state index contributed by atoms with van der Waals surface area (Å²) in [5.41, 5.74) is 0.302. The number of aliphatic hydroxyl groups excluding tert-OH is 1. The summed E-state index contributed by atoms with van der Waals surface area (Å²) in [6.07, 6.45) is 1.75. The number of aliphatic hydroxyl groups is 1. The number of esters is 1. The minimum Gasteiger partial charge on any atom is -0.482 e. The average Bonchev–Trinajstić information content (AvgIpc) is 2.37. The van der Waals surface area contributed by atoms with Gasteiger partial charge < -0.3 is 14.6 Å². The van der Waals surface area contributed by atoms with E-state index in [2.05, 4.69) is 0 Å². The van der Waals surface area contributed by atoms with E-state index in [-0.39, 0.29) is 19.0 Å². The number of unbranched alkanes of at least 4 members (excludes halogenated alkanes) is 1. The van der Waals surface area contributed by atoms with Gasteiger partial charge in [0, 0.05) is 5.56 Å². The van der Waals surface area contributed by atoms with Crippen molar-refractivity contribution >= 4 is 5.97 Å². The molecule has 100 valence electrons. The van der Waals surface area contributed by atoms with Crippen molar-refractivity contribution in [2.75, 3.05) is 13.2 Å². The molecule has 0 amide bonds. The van der Waals surface area contributed by atoms with Gasteiger partial charge in [0.05, 0.1) is 13.2 Å². The number of carbonyl (C=O) groups is 1. The Hall–Kier alpha value is -1.62. The zero-order valence-corrected chi connectivity index (χ0v) is 10.3. The van der Waals surface area contributed by atoms with Gasteiger partial charge in [-0.25, -0.2) is 9.18 Å². The molecule has 0 heterocycles. The fraction of sp³-hybridized carbons (Fsp3) is 0.462. The van der Waals surface area contributed by atoms with Gasteiger partial charge in [0.1, 0.15) is 11.6 Å². The van der Waals surface area contributed by atoms with Crippen LogP contribution in [0.25, 0.3) is 0 Å². The molecule has 0 aromatic heterocycles. The quantitative estimate of drug-likeness (QED) is 0.599. The molecule has 1 aromatic carbocycles. The van der Waals surface area contributed by atoms with E-state index in [0.29, 0.717) is 12.2 Å². The lowest BCUT2D eigenvalue weighted by atomic mass is 10.2. The predicted molar refractivity (Wildman–Crippen MR) is 63.7 cm³/mol. The summed E-state index contributed by atoms with van der Waals surface area (Å²) in [6.45, 7) is 1.77. The van der Waals surface area contributed by atoms with Crippen molar-refractivity contribution < 1.29 is 23.8 Å². The van der Waals surface area contributed by atoms with Crippen LogP contribution in [0.5, 0.6) is 5.75 Å². The van der Waals surface area contributed by atoms with Gasteiger partial charge in [-0.2, -0.15) is 0 Å². The molecule has 0 aliphatic rings. The molecule has 0 saturated carbocycles. The summed E-state index contributed by atoms with van der Waals surface area (Å²) in [7, 11) is 0. The van der Waals surface area contributed by atoms with Crippen LogP contribution in [0.1, 0.15) is 25.3 Å². The molecule has 0 bridgehead atoms. The van der Waals surface area contributed by atoms with Crippen molar-refractivity contribution in [3.63, 3.8) is 0 Å². The van der Waals surface area contributed by atoms with Crippen molar-refractivity contribution in [2.45, 2.75) is 26.4 Å². The van der Waals surface area contributed by atoms with Crippen LogP contribution < -0.4 is 4.74 Å². The first-order chi connectivity index (χ1) is 8.67. The second-order valence-electron chi connectivity index (χ2n) is 3.77. The van der Waals surface area contributed by atoms with E-state index in [0.717, 1.165) is 18.9 Å². The molecule has 0 unspecified atom stereocenters. The van der Waals surface area contributed by atoms with Crippen molar-refractivity contribution in [3.8, 4) is 5.75 Å². The van der Waals surface area contributed by atoms with E-state index < -0.39 is 11.8 Å². The Bertz CT molecular complexity index is 393. The van der Waals surface area contributed by atoms with E-state index in [9.17, 15) is 9.18 Å². The van der Waals surface area contributed by atoms with Gasteiger partial charge in [-0.3, -0.25) is 0 Å². The van der Waals surface area contributed by atoms with Crippen molar-refractivity contribution in [1.29, 1.82) is 0 Å². The van der Waals surface area contributed by atoms with Crippen LogP contribution in [0.2, 0.25) is 0 Å². The van der Waals surface area contributed by atoms with Crippen molar-refractivity contribution in [2.24, 2.45) is 0 Å². The molecule has 4 nitrogen and oxygen atoms in total. The van der Waals surface area contributed by atoms with Crippen molar-refractivity contribution in [3.05, 3.63) is 29.6 Å². The fourth-order valence-corrected chi connectivity index (χ4v) is 1.32. The minimum atomic E-state index is -0.475. The maximum atomic E-state index is 12.9. The second-order valence-corrected chi connectivity index (χ2v) is 3.77. The highest BCUT2D eigenvalue weighted by Gasteiger charge is 2.08. The molecule has 0 fully saturated rings. The zero-order chi connectivity index (χ0) is 13.4. The van der Waals surface area contributed by atoms with Gasteiger partial charge in [0.2, 0.25) is 0 Å². The van der Waals surface area contributed by atoms with Crippen LogP contribution in [0.4, 0.5) is 4.39 Å². The zero-order valence-electron chi connectivity index (χ0n) is 10.3. The number of halogens is 1. The summed E-state index contributed by atoms with van der Waals surface area (Å²) in [5, 5.41) is 9.02. The topological polar surface area (TPSA) is 55.8 Å². The number of hydrogen-bond donors (Lipinski definition) is 1. The number of rotatable bonds is 7. The summed E-state index contributed by atoms with van der Waals surface area (Å²) in [5.74, 6) is -0.653. The Labute approximate surface area is 105 Å². The maximum Gasteiger partial charge on any atom is 0.344 e. The average molecular weight is 256 g/mol. The monoisotopic (exact) mass is 256 g/mol. The first-order valence-corrected chi connectivity index (χ1v) is 5.85. The van der Waals surface area contributed by atoms with Gasteiger partial charge in [-0.1, -0.05) is 13.3 Å². The summed E-state index contributed by atoms with van der Waals surface area (Å²) in [4.78, 5) is 11.3. The molecular formula is C13H17FO4. The lowest BCUT2D eigenvalue weighted by Gasteiger charge is -2.09. The Morgan fingerprint density at radius 2 is 2.22 bits per heavy atom. The lowest BCUT2D eigenvalue weighted by Crippen LogP contribution is -2.16. The molecule has 1 N–H and O–H groups in total. The molecule has 0 aliphatic carbocycles. The van der Waals surface area contributed by atoms with E-state index >= 15 is 0 Å². The summed E-state index contributed by atoms with van der Waals surface area (Å²) < 4.78 is 23.0. The van der Waals surface area contributed by atoms with Crippen LogP contribution in [0.3, 0.4) is 0 Å². The molecule has 5 heteroatoms. The smallest absolute Gasteiger partial charge is 0.344 e. The highest BCUT2D eigenvalue weighted by atomic mass is 19.1. The van der Waals surface area contributed by atoms with Crippen LogP contribution >= 0.6 is 0 Å². The third-order valence-electron chi connectivity index (χ3n) is 2.30. The standard InChI is InChI=1S/C13H17FO4/c1-2-3-6-17-13(16)9-18-12-5-4-11(14)7-10(12)8-15/h4-5,7,15H,2-3,6,8-9H2,1H3. The fourth-order valence-electron chi connectivity index (χ4n) is 1.32. The molecule has 0 spiro atoms. The second kappa shape index (κ2) is 7.66. The van der Waals surface area contributed by atoms with E-state index in [1.807, 2.05) is 6.92 Å². The normalized spacial score (nSPS) is 10.2. The molecule has 0 aliphatic heterocycles. The first kappa shape index (κ1) is 14.4. The highest BCUT2D eigenvalue weighted by Crippen LogP contribution is 2.19. The third kappa shape index (κ3) is 4.71. The lowest BCUT2D eigenvalue weighted by molar-refractivity contribution is -0.146. The van der Waals surface area contributed by atoms with Gasteiger partial charge >= 0.3 is 5.97 Å². The summed E-state index contributed by atoms with van der Waals surface area (Å²) >= 11 is 0. The predicted octanol–water partition coefficient (Wildman–Crippen LogP) is 2.04. The van der Waals surface area contributed by atoms with Gasteiger partial charge in [-0.05, 0) is 24.6 Å². The molecule has 0 radical (unpaired) electrons. The molecule has 1 aromatic rings. The van der Waals surface area contributed by atoms with E-state index in [4.69, 9.17) is 14.6 Å².